The summed E-state index contributed by atoms with van der Waals surface area (Å²) >= 11 is 0. The van der Waals surface area contributed by atoms with Gasteiger partial charge in [0, 0.05) is 12.6 Å². The molecule has 4 nitrogen and oxygen atoms in total. The van der Waals surface area contributed by atoms with Crippen molar-refractivity contribution in [3.8, 4) is 6.07 Å². The molecule has 17 heavy (non-hydrogen) atoms. The smallest absolute Gasteiger partial charge is 0.140 e. The van der Waals surface area contributed by atoms with E-state index in [9.17, 15) is 0 Å². The van der Waals surface area contributed by atoms with Gasteiger partial charge < -0.3 is 10.2 Å². The molecule has 1 N–H and O–H groups in total. The molecule has 1 saturated carbocycles. The summed E-state index contributed by atoms with van der Waals surface area (Å²) in [5.74, 6) is 0.837. The maximum atomic E-state index is 8.66. The summed E-state index contributed by atoms with van der Waals surface area (Å²) in [7, 11) is 4.25. The third-order valence-electron chi connectivity index (χ3n) is 3.22. The topological polar surface area (TPSA) is 52.0 Å². The van der Waals surface area contributed by atoms with Crippen LogP contribution in [0, 0.1) is 17.2 Å². The number of likely N-dealkylation sites (N-methyl/N-ethyl adjacent to an activating group) is 1. The summed E-state index contributed by atoms with van der Waals surface area (Å²) in [4.78, 5) is 6.32. The van der Waals surface area contributed by atoms with Gasteiger partial charge in [0.25, 0.3) is 0 Å². The number of anilines is 1. The highest BCUT2D eigenvalue weighted by Crippen LogP contribution is 2.34. The van der Waals surface area contributed by atoms with Crippen LogP contribution in [0.1, 0.15) is 18.5 Å². The van der Waals surface area contributed by atoms with Crippen LogP contribution in [0.25, 0.3) is 0 Å². The van der Waals surface area contributed by atoms with E-state index in [1.165, 1.54) is 12.8 Å². The molecule has 0 saturated heterocycles. The maximum absolute atomic E-state index is 8.66. The van der Waals surface area contributed by atoms with E-state index >= 15 is 0 Å². The molecule has 0 unspecified atom stereocenters. The SMILES string of the molecule is CN(C)[C@@H](CNc1ccc(C#N)nc1)C1CC1. The van der Waals surface area contributed by atoms with Gasteiger partial charge in [-0.2, -0.15) is 5.26 Å². The quantitative estimate of drug-likeness (QED) is 0.836. The Morgan fingerprint density at radius 2 is 2.29 bits per heavy atom. The summed E-state index contributed by atoms with van der Waals surface area (Å²) in [6, 6.07) is 6.26. The van der Waals surface area contributed by atoms with Crippen molar-refractivity contribution in [3.63, 3.8) is 0 Å². The Balaban J connectivity index is 1.89. The van der Waals surface area contributed by atoms with Crippen molar-refractivity contribution < 1.29 is 0 Å². The lowest BCUT2D eigenvalue weighted by molar-refractivity contribution is 0.276. The highest BCUT2D eigenvalue weighted by molar-refractivity contribution is 5.42. The molecule has 1 heterocycles. The van der Waals surface area contributed by atoms with Crippen LogP contribution in [0.15, 0.2) is 18.3 Å². The molecule has 1 aliphatic carbocycles. The first-order valence-corrected chi connectivity index (χ1v) is 5.97. The van der Waals surface area contributed by atoms with Gasteiger partial charge in [-0.3, -0.25) is 0 Å². The Hall–Kier alpha value is -1.60. The molecule has 90 valence electrons. The van der Waals surface area contributed by atoms with Crippen LogP contribution >= 0.6 is 0 Å². The average molecular weight is 230 g/mol. The molecular weight excluding hydrogens is 212 g/mol. The molecular formula is C13H18N4. The minimum atomic E-state index is 0.460. The first kappa shape index (κ1) is 11.9. The minimum Gasteiger partial charge on any atom is -0.382 e. The van der Waals surface area contributed by atoms with Crippen molar-refractivity contribution in [3.05, 3.63) is 24.0 Å². The van der Waals surface area contributed by atoms with E-state index in [2.05, 4.69) is 29.3 Å². The molecule has 0 aromatic carbocycles. The number of hydrogen-bond donors (Lipinski definition) is 1. The second-order valence-corrected chi connectivity index (χ2v) is 4.79. The predicted octanol–water partition coefficient (Wildman–Crippen LogP) is 1.71. The lowest BCUT2D eigenvalue weighted by Crippen LogP contribution is -2.36. The zero-order chi connectivity index (χ0) is 12.3. The molecule has 1 fully saturated rings. The minimum absolute atomic E-state index is 0.460. The van der Waals surface area contributed by atoms with Gasteiger partial charge in [0.15, 0.2) is 0 Å². The molecule has 4 heteroatoms. The van der Waals surface area contributed by atoms with Crippen LogP contribution in [0.5, 0.6) is 0 Å². The zero-order valence-electron chi connectivity index (χ0n) is 10.3. The van der Waals surface area contributed by atoms with Gasteiger partial charge in [0.2, 0.25) is 0 Å². The molecule has 0 aliphatic heterocycles. The fraction of sp³-hybridized carbons (Fsp3) is 0.538. The van der Waals surface area contributed by atoms with Crippen LogP contribution in [0.4, 0.5) is 5.69 Å². The van der Waals surface area contributed by atoms with Crippen LogP contribution in [0.2, 0.25) is 0 Å². The summed E-state index contributed by atoms with van der Waals surface area (Å²) in [6.07, 6.45) is 4.41. The molecule has 0 radical (unpaired) electrons. The van der Waals surface area contributed by atoms with Crippen molar-refractivity contribution in [1.82, 2.24) is 9.88 Å². The summed E-state index contributed by atoms with van der Waals surface area (Å²) < 4.78 is 0. The first-order chi connectivity index (χ1) is 8.20. The second kappa shape index (κ2) is 5.15. The Morgan fingerprint density at radius 1 is 1.53 bits per heavy atom. The van der Waals surface area contributed by atoms with Crippen LogP contribution in [-0.2, 0) is 0 Å². The summed E-state index contributed by atoms with van der Waals surface area (Å²) in [5.41, 5.74) is 1.44. The van der Waals surface area contributed by atoms with E-state index in [-0.39, 0.29) is 0 Å². The van der Waals surface area contributed by atoms with E-state index in [1.807, 2.05) is 12.1 Å². The molecule has 0 amide bonds. The lowest BCUT2D eigenvalue weighted by Gasteiger charge is -2.24. The van der Waals surface area contributed by atoms with Crippen molar-refractivity contribution in [1.29, 1.82) is 5.26 Å². The van der Waals surface area contributed by atoms with E-state index in [0.29, 0.717) is 11.7 Å². The third-order valence-corrected chi connectivity index (χ3v) is 3.22. The molecule has 1 aliphatic rings. The number of nitrogens with one attached hydrogen (secondary N) is 1. The number of aromatic nitrogens is 1. The van der Waals surface area contributed by atoms with Crippen molar-refractivity contribution in [2.24, 2.45) is 5.92 Å². The first-order valence-electron chi connectivity index (χ1n) is 5.97. The van der Waals surface area contributed by atoms with Gasteiger partial charge in [0.1, 0.15) is 11.8 Å². The number of nitriles is 1. The molecule has 0 bridgehead atoms. The third kappa shape index (κ3) is 3.18. The van der Waals surface area contributed by atoms with Crippen molar-refractivity contribution in [2.75, 3.05) is 26.0 Å². The van der Waals surface area contributed by atoms with Gasteiger partial charge in [0.05, 0.1) is 11.9 Å². The van der Waals surface area contributed by atoms with Crippen molar-refractivity contribution in [2.45, 2.75) is 18.9 Å². The Labute approximate surface area is 102 Å². The summed E-state index contributed by atoms with van der Waals surface area (Å²) in [6.45, 7) is 0.936. The Bertz CT molecular complexity index is 398. The number of rotatable bonds is 5. The number of pyridine rings is 1. The summed E-state index contributed by atoms with van der Waals surface area (Å²) in [5, 5.41) is 12.0. The monoisotopic (exact) mass is 230 g/mol. The Kier molecular flexibility index (Phi) is 3.60. The Morgan fingerprint density at radius 3 is 2.76 bits per heavy atom. The molecule has 1 atom stereocenters. The van der Waals surface area contributed by atoms with Gasteiger partial charge in [-0.05, 0) is 45.0 Å². The highest BCUT2D eigenvalue weighted by Gasteiger charge is 2.32. The lowest BCUT2D eigenvalue weighted by atomic mass is 10.1. The zero-order valence-corrected chi connectivity index (χ0v) is 10.3. The average Bonchev–Trinajstić information content (AvgIpc) is 3.14. The molecule has 2 rings (SSSR count). The molecule has 1 aromatic rings. The van der Waals surface area contributed by atoms with E-state index in [4.69, 9.17) is 5.26 Å². The van der Waals surface area contributed by atoms with Gasteiger partial charge >= 0.3 is 0 Å². The van der Waals surface area contributed by atoms with Crippen molar-refractivity contribution >= 4 is 5.69 Å². The normalized spacial score (nSPS) is 16.6. The van der Waals surface area contributed by atoms with Crippen LogP contribution < -0.4 is 5.32 Å². The van der Waals surface area contributed by atoms with Gasteiger partial charge in [-0.15, -0.1) is 0 Å². The predicted molar refractivity (Wildman–Crippen MR) is 67.6 cm³/mol. The fourth-order valence-corrected chi connectivity index (χ4v) is 2.04. The van der Waals surface area contributed by atoms with E-state index in [0.717, 1.165) is 18.2 Å². The van der Waals surface area contributed by atoms with Gasteiger partial charge in [-0.25, -0.2) is 4.98 Å². The van der Waals surface area contributed by atoms with Crippen LogP contribution in [0.3, 0.4) is 0 Å². The highest BCUT2D eigenvalue weighted by atomic mass is 15.1. The maximum Gasteiger partial charge on any atom is 0.140 e. The van der Waals surface area contributed by atoms with E-state index in [1.54, 1.807) is 12.3 Å². The molecule has 0 spiro atoms. The molecule has 1 aromatic heterocycles. The van der Waals surface area contributed by atoms with Gasteiger partial charge in [-0.1, -0.05) is 0 Å². The number of nitrogens with zero attached hydrogens (tertiary/aromatic N) is 3. The second-order valence-electron chi connectivity index (χ2n) is 4.79. The number of hydrogen-bond acceptors (Lipinski definition) is 4. The van der Waals surface area contributed by atoms with Crippen LogP contribution in [-0.4, -0.2) is 36.6 Å². The fourth-order valence-electron chi connectivity index (χ4n) is 2.04. The standard InChI is InChI=1S/C13H18N4/c1-17(2)13(10-3-4-10)9-16-12-6-5-11(7-14)15-8-12/h5-6,8,10,13,16H,3-4,9H2,1-2H3/t13-/m0/s1. The van der Waals surface area contributed by atoms with E-state index < -0.39 is 0 Å². The largest absolute Gasteiger partial charge is 0.382 e.